The van der Waals surface area contributed by atoms with Gasteiger partial charge in [0.2, 0.25) is 0 Å². The summed E-state index contributed by atoms with van der Waals surface area (Å²) < 4.78 is 5.81. The Morgan fingerprint density at radius 2 is 2.14 bits per heavy atom. The van der Waals surface area contributed by atoms with E-state index in [4.69, 9.17) is 4.74 Å². The number of carbonyl (C=O) groups is 2. The molecule has 1 N–H and O–H groups in total. The highest BCUT2D eigenvalue weighted by molar-refractivity contribution is 5.87. The van der Waals surface area contributed by atoms with Crippen molar-refractivity contribution >= 4 is 11.9 Å². The van der Waals surface area contributed by atoms with E-state index in [1.807, 2.05) is 38.1 Å². The molecule has 5 nitrogen and oxygen atoms in total. The Bertz CT molecular complexity index is 529. The Labute approximate surface area is 124 Å². The summed E-state index contributed by atoms with van der Waals surface area (Å²) in [7, 11) is 0. The molecule has 2 atom stereocenters. The van der Waals surface area contributed by atoms with Crippen LogP contribution in [-0.2, 0) is 9.59 Å². The van der Waals surface area contributed by atoms with E-state index in [0.29, 0.717) is 25.1 Å². The van der Waals surface area contributed by atoms with E-state index in [0.717, 1.165) is 12.0 Å². The number of likely N-dealkylation sites (tertiary alicyclic amines) is 1. The first-order chi connectivity index (χ1) is 10.0. The Balaban J connectivity index is 2.12. The van der Waals surface area contributed by atoms with E-state index in [9.17, 15) is 14.7 Å². The lowest BCUT2D eigenvalue weighted by Crippen LogP contribution is -2.47. The van der Waals surface area contributed by atoms with E-state index >= 15 is 0 Å². The highest BCUT2D eigenvalue weighted by atomic mass is 16.5. The maximum absolute atomic E-state index is 12.5. The third-order valence-electron chi connectivity index (χ3n) is 3.83. The number of hydrogen-bond donors (Lipinski definition) is 1. The summed E-state index contributed by atoms with van der Waals surface area (Å²) in [5.74, 6) is -0.499. The van der Waals surface area contributed by atoms with Gasteiger partial charge in [0.1, 0.15) is 11.8 Å². The van der Waals surface area contributed by atoms with Crippen LogP contribution >= 0.6 is 0 Å². The normalized spacial score (nSPS) is 19.3. The Hall–Kier alpha value is -2.04. The number of hydrogen-bond acceptors (Lipinski definition) is 3. The minimum atomic E-state index is -0.938. The molecule has 0 aliphatic carbocycles. The molecule has 114 valence electrons. The monoisotopic (exact) mass is 291 g/mol. The molecule has 0 aromatic heterocycles. The fourth-order valence-corrected chi connectivity index (χ4v) is 2.62. The van der Waals surface area contributed by atoms with Crippen molar-refractivity contribution in [3.8, 4) is 5.75 Å². The first-order valence-corrected chi connectivity index (χ1v) is 7.30. The minimum Gasteiger partial charge on any atom is -0.480 e. The maximum Gasteiger partial charge on any atom is 0.326 e. The van der Waals surface area contributed by atoms with Crippen molar-refractivity contribution < 1.29 is 19.4 Å². The average molecular weight is 291 g/mol. The van der Waals surface area contributed by atoms with Gasteiger partial charge in [0, 0.05) is 6.54 Å². The quantitative estimate of drug-likeness (QED) is 0.903. The zero-order valence-electron chi connectivity index (χ0n) is 12.4. The molecule has 0 spiro atoms. The van der Waals surface area contributed by atoms with Crippen molar-refractivity contribution in [2.45, 2.75) is 45.3 Å². The lowest BCUT2D eigenvalue weighted by atomic mass is 10.2. The molecule has 2 rings (SSSR count). The van der Waals surface area contributed by atoms with Crippen molar-refractivity contribution in [1.82, 2.24) is 4.90 Å². The Kier molecular flexibility index (Phi) is 4.83. The van der Waals surface area contributed by atoms with Gasteiger partial charge in [0.25, 0.3) is 5.91 Å². The average Bonchev–Trinajstić information content (AvgIpc) is 2.95. The molecule has 1 aromatic rings. The van der Waals surface area contributed by atoms with Gasteiger partial charge in [-0.25, -0.2) is 4.79 Å². The van der Waals surface area contributed by atoms with Crippen LogP contribution < -0.4 is 4.74 Å². The molecule has 1 saturated heterocycles. The van der Waals surface area contributed by atoms with Gasteiger partial charge >= 0.3 is 5.97 Å². The molecule has 1 unspecified atom stereocenters. The lowest BCUT2D eigenvalue weighted by Gasteiger charge is -2.27. The second-order valence-electron chi connectivity index (χ2n) is 5.31. The number of aliphatic carboxylic acids is 1. The van der Waals surface area contributed by atoms with E-state index in [-0.39, 0.29) is 5.91 Å². The smallest absolute Gasteiger partial charge is 0.326 e. The summed E-state index contributed by atoms with van der Waals surface area (Å²) in [5.41, 5.74) is 0.958. The largest absolute Gasteiger partial charge is 0.480 e. The van der Waals surface area contributed by atoms with Gasteiger partial charge in [-0.1, -0.05) is 25.1 Å². The number of benzene rings is 1. The zero-order chi connectivity index (χ0) is 15.4. The van der Waals surface area contributed by atoms with Crippen LogP contribution in [0.25, 0.3) is 0 Å². The van der Waals surface area contributed by atoms with Crippen LogP contribution in [0.4, 0.5) is 0 Å². The number of ether oxygens (including phenoxy) is 1. The first-order valence-electron chi connectivity index (χ1n) is 7.30. The topological polar surface area (TPSA) is 66.8 Å². The second kappa shape index (κ2) is 6.61. The van der Waals surface area contributed by atoms with Gasteiger partial charge in [0.05, 0.1) is 0 Å². The number of carboxylic acid groups (broad SMARTS) is 1. The van der Waals surface area contributed by atoms with Crippen LogP contribution in [0.5, 0.6) is 5.75 Å². The van der Waals surface area contributed by atoms with Gasteiger partial charge in [0.15, 0.2) is 6.10 Å². The number of rotatable bonds is 5. The molecule has 5 heteroatoms. The summed E-state index contributed by atoms with van der Waals surface area (Å²) in [6.45, 7) is 4.28. The number of para-hydroxylation sites is 1. The number of aryl methyl sites for hydroxylation is 1. The van der Waals surface area contributed by atoms with Crippen LogP contribution in [0.3, 0.4) is 0 Å². The number of carbonyl (C=O) groups excluding carboxylic acids is 1. The summed E-state index contributed by atoms with van der Waals surface area (Å²) in [6, 6.07) is 6.79. The minimum absolute atomic E-state index is 0.231. The fourth-order valence-electron chi connectivity index (χ4n) is 2.62. The van der Waals surface area contributed by atoms with Crippen molar-refractivity contribution in [1.29, 1.82) is 0 Å². The molecule has 1 fully saturated rings. The van der Waals surface area contributed by atoms with E-state index in [1.54, 1.807) is 0 Å². The summed E-state index contributed by atoms with van der Waals surface area (Å²) >= 11 is 0. The highest BCUT2D eigenvalue weighted by Crippen LogP contribution is 2.23. The maximum atomic E-state index is 12.5. The second-order valence-corrected chi connectivity index (χ2v) is 5.31. The molecule has 21 heavy (non-hydrogen) atoms. The zero-order valence-corrected chi connectivity index (χ0v) is 12.4. The molecular formula is C16H21NO4. The Morgan fingerprint density at radius 1 is 1.43 bits per heavy atom. The number of amides is 1. The standard InChI is InChI=1S/C16H21NO4/c1-3-13(21-14-9-5-4-7-11(14)2)15(18)17-10-6-8-12(17)16(19)20/h4-5,7,9,12-13H,3,6,8,10H2,1-2H3,(H,19,20)/t12-,13?/m0/s1. The fraction of sp³-hybridized carbons (Fsp3) is 0.500. The van der Waals surface area contributed by atoms with Crippen molar-refractivity contribution in [2.24, 2.45) is 0 Å². The third kappa shape index (κ3) is 3.35. The van der Waals surface area contributed by atoms with Crippen molar-refractivity contribution in [2.75, 3.05) is 6.54 Å². The molecule has 1 aliphatic rings. The molecule has 0 radical (unpaired) electrons. The molecule has 1 aromatic carbocycles. The summed E-state index contributed by atoms with van der Waals surface area (Å²) in [4.78, 5) is 25.2. The van der Waals surface area contributed by atoms with E-state index in [2.05, 4.69) is 0 Å². The molecule has 0 bridgehead atoms. The molecule has 1 heterocycles. The predicted octanol–water partition coefficient (Wildman–Crippen LogP) is 2.23. The third-order valence-corrected chi connectivity index (χ3v) is 3.83. The van der Waals surface area contributed by atoms with Gasteiger partial charge < -0.3 is 14.7 Å². The first kappa shape index (κ1) is 15.4. The predicted molar refractivity (Wildman–Crippen MR) is 78.3 cm³/mol. The molecule has 1 aliphatic heterocycles. The lowest BCUT2D eigenvalue weighted by molar-refractivity contribution is -0.151. The summed E-state index contributed by atoms with van der Waals surface area (Å²) in [6.07, 6.45) is 1.12. The van der Waals surface area contributed by atoms with E-state index in [1.165, 1.54) is 4.90 Å². The van der Waals surface area contributed by atoms with Crippen LogP contribution in [0.15, 0.2) is 24.3 Å². The van der Waals surface area contributed by atoms with Crippen LogP contribution in [0, 0.1) is 6.92 Å². The summed E-state index contributed by atoms with van der Waals surface area (Å²) in [5, 5.41) is 9.19. The molecular weight excluding hydrogens is 270 g/mol. The Morgan fingerprint density at radius 3 is 2.76 bits per heavy atom. The SMILES string of the molecule is CCC(Oc1ccccc1C)C(=O)N1CCC[C@H]1C(=O)O. The highest BCUT2D eigenvalue weighted by Gasteiger charge is 2.37. The van der Waals surface area contributed by atoms with E-state index < -0.39 is 18.1 Å². The van der Waals surface area contributed by atoms with Crippen molar-refractivity contribution in [3.63, 3.8) is 0 Å². The van der Waals surface area contributed by atoms with Crippen LogP contribution in [-0.4, -0.2) is 40.6 Å². The molecule has 0 saturated carbocycles. The van der Waals surface area contributed by atoms with Gasteiger partial charge in [-0.3, -0.25) is 4.79 Å². The van der Waals surface area contributed by atoms with Crippen LogP contribution in [0.2, 0.25) is 0 Å². The van der Waals surface area contributed by atoms with Crippen LogP contribution in [0.1, 0.15) is 31.7 Å². The number of carboxylic acids is 1. The number of nitrogens with zero attached hydrogens (tertiary/aromatic N) is 1. The van der Waals surface area contributed by atoms with Crippen molar-refractivity contribution in [3.05, 3.63) is 29.8 Å². The van der Waals surface area contributed by atoms with Gasteiger partial charge in [-0.2, -0.15) is 0 Å². The van der Waals surface area contributed by atoms with Gasteiger partial charge in [-0.05, 0) is 37.8 Å². The van der Waals surface area contributed by atoms with Gasteiger partial charge in [-0.15, -0.1) is 0 Å². The molecule has 1 amide bonds.